The molecule has 0 bridgehead atoms. The van der Waals surface area contributed by atoms with Crippen LogP contribution in [0.3, 0.4) is 0 Å². The normalized spacial score (nSPS) is 9.92. The van der Waals surface area contributed by atoms with Gasteiger partial charge in [0.25, 0.3) is 0 Å². The van der Waals surface area contributed by atoms with Crippen molar-refractivity contribution in [3.63, 3.8) is 0 Å². The second kappa shape index (κ2) is 3.19. The van der Waals surface area contributed by atoms with Crippen LogP contribution in [0.15, 0.2) is 17.0 Å². The van der Waals surface area contributed by atoms with E-state index in [1.807, 2.05) is 13.0 Å². The van der Waals surface area contributed by atoms with Crippen LogP contribution in [-0.2, 0) is 0 Å². The molecule has 0 atom stereocenters. The summed E-state index contributed by atoms with van der Waals surface area (Å²) in [6.07, 6.45) is 0. The van der Waals surface area contributed by atoms with Crippen molar-refractivity contribution in [2.24, 2.45) is 0 Å². The van der Waals surface area contributed by atoms with Crippen molar-refractivity contribution in [2.45, 2.75) is 18.7 Å². The minimum absolute atomic E-state index is 0.333. The number of aromatic carboxylic acids is 1. The first-order valence-corrected chi connectivity index (χ1v) is 4.00. The molecule has 1 aromatic carbocycles. The van der Waals surface area contributed by atoms with E-state index >= 15 is 0 Å². The van der Waals surface area contributed by atoms with Crippen LogP contribution in [0, 0.1) is 13.8 Å². The van der Waals surface area contributed by atoms with Crippen molar-refractivity contribution in [2.75, 3.05) is 0 Å². The predicted octanol–water partition coefficient (Wildman–Crippen LogP) is 2.29. The molecule has 0 saturated carbocycles. The predicted molar refractivity (Wildman–Crippen MR) is 50.1 cm³/mol. The Balaban J connectivity index is 3.37. The number of benzene rings is 1. The van der Waals surface area contributed by atoms with Crippen molar-refractivity contribution in [1.82, 2.24) is 0 Å². The molecule has 3 heteroatoms. The van der Waals surface area contributed by atoms with E-state index in [4.69, 9.17) is 5.11 Å². The molecule has 1 N–H and O–H groups in total. The lowest BCUT2D eigenvalue weighted by atomic mass is 10.0. The molecule has 0 aromatic heterocycles. The number of carbonyl (C=O) groups is 1. The fourth-order valence-corrected chi connectivity index (χ4v) is 1.39. The van der Waals surface area contributed by atoms with Gasteiger partial charge in [0, 0.05) is 4.90 Å². The molecule has 0 fully saturated rings. The molecule has 0 amide bonds. The molecule has 0 unspecified atom stereocenters. The van der Waals surface area contributed by atoms with Gasteiger partial charge in [-0.2, -0.15) is 0 Å². The van der Waals surface area contributed by atoms with Gasteiger partial charge in [0.05, 0.1) is 5.56 Å². The van der Waals surface area contributed by atoms with Crippen LogP contribution >= 0.6 is 12.6 Å². The smallest absolute Gasteiger partial charge is 0.336 e. The summed E-state index contributed by atoms with van der Waals surface area (Å²) in [4.78, 5) is 11.4. The topological polar surface area (TPSA) is 37.3 Å². The summed E-state index contributed by atoms with van der Waals surface area (Å²) in [6, 6.07) is 3.42. The van der Waals surface area contributed by atoms with Crippen LogP contribution < -0.4 is 0 Å². The van der Waals surface area contributed by atoms with E-state index in [9.17, 15) is 4.79 Å². The molecular weight excluding hydrogens is 172 g/mol. The lowest BCUT2D eigenvalue weighted by Gasteiger charge is -2.05. The quantitative estimate of drug-likeness (QED) is 0.654. The van der Waals surface area contributed by atoms with Crippen LogP contribution in [0.25, 0.3) is 0 Å². The lowest BCUT2D eigenvalue weighted by Crippen LogP contribution is -2.01. The van der Waals surface area contributed by atoms with Gasteiger partial charge in [-0.3, -0.25) is 0 Å². The molecule has 0 aliphatic rings. The van der Waals surface area contributed by atoms with E-state index < -0.39 is 5.97 Å². The average molecular weight is 182 g/mol. The largest absolute Gasteiger partial charge is 0.478 e. The van der Waals surface area contributed by atoms with Gasteiger partial charge in [-0.05, 0) is 37.1 Å². The Labute approximate surface area is 76.6 Å². The van der Waals surface area contributed by atoms with E-state index in [-0.39, 0.29) is 0 Å². The molecule has 0 radical (unpaired) electrons. The molecule has 0 aliphatic heterocycles. The van der Waals surface area contributed by atoms with Crippen LogP contribution in [-0.4, -0.2) is 11.1 Å². The van der Waals surface area contributed by atoms with Crippen LogP contribution in [0.5, 0.6) is 0 Å². The number of carboxylic acids is 1. The first-order chi connectivity index (χ1) is 5.52. The van der Waals surface area contributed by atoms with Crippen molar-refractivity contribution in [3.8, 4) is 0 Å². The minimum atomic E-state index is -0.897. The van der Waals surface area contributed by atoms with Crippen LogP contribution in [0.1, 0.15) is 21.5 Å². The minimum Gasteiger partial charge on any atom is -0.478 e. The average Bonchev–Trinajstić information content (AvgIpc) is 1.96. The van der Waals surface area contributed by atoms with Gasteiger partial charge in [-0.25, -0.2) is 4.79 Å². The molecule has 0 spiro atoms. The maximum Gasteiger partial charge on any atom is 0.336 e. The molecule has 12 heavy (non-hydrogen) atoms. The number of rotatable bonds is 1. The zero-order chi connectivity index (χ0) is 9.30. The van der Waals surface area contributed by atoms with Gasteiger partial charge >= 0.3 is 5.97 Å². The molecule has 1 aromatic rings. The highest BCUT2D eigenvalue weighted by molar-refractivity contribution is 7.80. The van der Waals surface area contributed by atoms with Gasteiger partial charge in [0.15, 0.2) is 0 Å². The van der Waals surface area contributed by atoms with Crippen molar-refractivity contribution >= 4 is 18.6 Å². The summed E-state index contributed by atoms with van der Waals surface area (Å²) in [5, 5.41) is 8.78. The van der Waals surface area contributed by atoms with Crippen LogP contribution in [0.2, 0.25) is 0 Å². The first-order valence-electron chi connectivity index (χ1n) is 3.56. The maximum absolute atomic E-state index is 10.7. The highest BCUT2D eigenvalue weighted by Gasteiger charge is 2.08. The Morgan fingerprint density at radius 2 is 2.00 bits per heavy atom. The molecular formula is C9H10O2S. The highest BCUT2D eigenvalue weighted by atomic mass is 32.1. The molecule has 0 aliphatic carbocycles. The van der Waals surface area contributed by atoms with Crippen molar-refractivity contribution < 1.29 is 9.90 Å². The van der Waals surface area contributed by atoms with E-state index in [2.05, 4.69) is 12.6 Å². The Bertz CT molecular complexity index is 332. The Morgan fingerprint density at radius 3 is 2.50 bits per heavy atom. The number of hydrogen-bond acceptors (Lipinski definition) is 2. The summed E-state index contributed by atoms with van der Waals surface area (Å²) in [5.41, 5.74) is 2.10. The van der Waals surface area contributed by atoms with Crippen molar-refractivity contribution in [1.29, 1.82) is 0 Å². The van der Waals surface area contributed by atoms with Gasteiger partial charge in [-0.1, -0.05) is 0 Å². The number of aryl methyl sites for hydroxylation is 1. The SMILES string of the molecule is Cc1cc(S)cc(C(=O)O)c1C. The van der Waals surface area contributed by atoms with E-state index in [0.717, 1.165) is 11.1 Å². The first kappa shape index (κ1) is 9.13. The second-order valence-electron chi connectivity index (χ2n) is 2.74. The Kier molecular flexibility index (Phi) is 2.43. The molecule has 2 nitrogen and oxygen atoms in total. The third-order valence-electron chi connectivity index (χ3n) is 1.88. The molecule has 1 rings (SSSR count). The lowest BCUT2D eigenvalue weighted by molar-refractivity contribution is 0.0695. The highest BCUT2D eigenvalue weighted by Crippen LogP contribution is 2.18. The van der Waals surface area contributed by atoms with Gasteiger partial charge < -0.3 is 5.11 Å². The summed E-state index contributed by atoms with van der Waals surface area (Å²) in [5.74, 6) is -0.897. The van der Waals surface area contributed by atoms with Gasteiger partial charge in [0.1, 0.15) is 0 Å². The molecule has 0 saturated heterocycles. The van der Waals surface area contributed by atoms with E-state index in [0.29, 0.717) is 10.5 Å². The number of thiol groups is 1. The zero-order valence-corrected chi connectivity index (χ0v) is 7.85. The Morgan fingerprint density at radius 1 is 1.42 bits per heavy atom. The van der Waals surface area contributed by atoms with Crippen molar-refractivity contribution in [3.05, 3.63) is 28.8 Å². The third kappa shape index (κ3) is 1.61. The summed E-state index contributed by atoms with van der Waals surface area (Å²) < 4.78 is 0. The van der Waals surface area contributed by atoms with Crippen LogP contribution in [0.4, 0.5) is 0 Å². The fraction of sp³-hybridized carbons (Fsp3) is 0.222. The van der Waals surface area contributed by atoms with Gasteiger partial charge in [0.2, 0.25) is 0 Å². The second-order valence-corrected chi connectivity index (χ2v) is 3.26. The summed E-state index contributed by atoms with van der Waals surface area (Å²) >= 11 is 4.10. The maximum atomic E-state index is 10.7. The fourth-order valence-electron chi connectivity index (χ4n) is 1.06. The molecule has 64 valence electrons. The van der Waals surface area contributed by atoms with E-state index in [1.165, 1.54) is 0 Å². The Hall–Kier alpha value is -0.960. The van der Waals surface area contributed by atoms with E-state index in [1.54, 1.807) is 13.0 Å². The number of carboxylic acid groups (broad SMARTS) is 1. The monoisotopic (exact) mass is 182 g/mol. The number of hydrogen-bond donors (Lipinski definition) is 2. The summed E-state index contributed by atoms with van der Waals surface area (Å²) in [6.45, 7) is 3.67. The zero-order valence-electron chi connectivity index (χ0n) is 6.96. The summed E-state index contributed by atoms with van der Waals surface area (Å²) in [7, 11) is 0. The van der Waals surface area contributed by atoms with Gasteiger partial charge in [-0.15, -0.1) is 12.6 Å². The molecule has 0 heterocycles. The third-order valence-corrected chi connectivity index (χ3v) is 2.14. The standard InChI is InChI=1S/C9H10O2S/c1-5-3-7(12)4-8(6(5)2)9(10)11/h3-4,12H,1-2H3,(H,10,11).